The van der Waals surface area contributed by atoms with Crippen LogP contribution in [0.15, 0.2) is 16.5 Å². The Morgan fingerprint density at radius 1 is 1.57 bits per heavy atom. The van der Waals surface area contributed by atoms with Gasteiger partial charge in [0, 0.05) is 12.8 Å². The Labute approximate surface area is 81.5 Å². The topological polar surface area (TPSA) is 59.7 Å². The summed E-state index contributed by atoms with van der Waals surface area (Å²) >= 11 is 0. The standard InChI is InChI=1S/C10H12O4/c1-6(11)7-2-3-8(13-7)9-4-5-10(12)14-9/h2-3,6,9,11H,4-5H2,1H3/t6-,9?/m1/s1. The van der Waals surface area contributed by atoms with Crippen LogP contribution in [-0.2, 0) is 9.53 Å². The second-order valence-electron chi connectivity index (χ2n) is 3.43. The molecule has 2 rings (SSSR count). The van der Waals surface area contributed by atoms with Crippen LogP contribution in [0.25, 0.3) is 0 Å². The van der Waals surface area contributed by atoms with Gasteiger partial charge in [-0.1, -0.05) is 0 Å². The summed E-state index contributed by atoms with van der Waals surface area (Å²) in [7, 11) is 0. The Morgan fingerprint density at radius 3 is 2.86 bits per heavy atom. The molecule has 76 valence electrons. The summed E-state index contributed by atoms with van der Waals surface area (Å²) in [6.45, 7) is 1.63. The van der Waals surface area contributed by atoms with Crippen molar-refractivity contribution in [3.05, 3.63) is 23.7 Å². The highest BCUT2D eigenvalue weighted by Gasteiger charge is 2.27. The molecule has 4 heteroatoms. The van der Waals surface area contributed by atoms with Crippen LogP contribution in [0.3, 0.4) is 0 Å². The number of esters is 1. The molecular formula is C10H12O4. The van der Waals surface area contributed by atoms with Crippen molar-refractivity contribution in [1.29, 1.82) is 0 Å². The van der Waals surface area contributed by atoms with Crippen molar-refractivity contribution >= 4 is 5.97 Å². The van der Waals surface area contributed by atoms with Gasteiger partial charge >= 0.3 is 5.97 Å². The molecule has 0 radical (unpaired) electrons. The maximum Gasteiger partial charge on any atom is 0.306 e. The van der Waals surface area contributed by atoms with Crippen LogP contribution < -0.4 is 0 Å². The summed E-state index contributed by atoms with van der Waals surface area (Å²) in [5, 5.41) is 9.23. The van der Waals surface area contributed by atoms with E-state index in [1.807, 2.05) is 0 Å². The third kappa shape index (κ3) is 1.65. The fourth-order valence-electron chi connectivity index (χ4n) is 1.49. The number of ether oxygens (including phenoxy) is 1. The van der Waals surface area contributed by atoms with Gasteiger partial charge in [-0.05, 0) is 19.1 Å². The molecule has 14 heavy (non-hydrogen) atoms. The van der Waals surface area contributed by atoms with E-state index in [2.05, 4.69) is 0 Å². The lowest BCUT2D eigenvalue weighted by atomic mass is 10.2. The highest BCUT2D eigenvalue weighted by Crippen LogP contribution is 2.31. The lowest BCUT2D eigenvalue weighted by molar-refractivity contribution is -0.142. The predicted molar refractivity (Wildman–Crippen MR) is 47.4 cm³/mol. The summed E-state index contributed by atoms with van der Waals surface area (Å²) in [5.74, 6) is 0.930. The number of carbonyl (C=O) groups is 1. The van der Waals surface area contributed by atoms with Gasteiger partial charge in [0.05, 0.1) is 0 Å². The highest BCUT2D eigenvalue weighted by atomic mass is 16.6. The van der Waals surface area contributed by atoms with Crippen LogP contribution in [0, 0.1) is 0 Å². The van der Waals surface area contributed by atoms with Gasteiger partial charge in [-0.3, -0.25) is 4.79 Å². The number of aliphatic hydroxyl groups is 1. The summed E-state index contributed by atoms with van der Waals surface area (Å²) < 4.78 is 10.4. The van der Waals surface area contributed by atoms with Gasteiger partial charge in [-0.15, -0.1) is 0 Å². The molecule has 0 bridgehead atoms. The van der Waals surface area contributed by atoms with Gasteiger partial charge in [0.2, 0.25) is 0 Å². The highest BCUT2D eigenvalue weighted by molar-refractivity contribution is 5.71. The van der Waals surface area contributed by atoms with E-state index in [4.69, 9.17) is 9.15 Å². The Balaban J connectivity index is 2.13. The Bertz CT molecular complexity index is 340. The van der Waals surface area contributed by atoms with Gasteiger partial charge in [0.25, 0.3) is 0 Å². The van der Waals surface area contributed by atoms with Crippen LogP contribution in [0.5, 0.6) is 0 Å². The zero-order valence-corrected chi connectivity index (χ0v) is 7.90. The van der Waals surface area contributed by atoms with E-state index in [-0.39, 0.29) is 12.1 Å². The van der Waals surface area contributed by atoms with Crippen LogP contribution in [0.4, 0.5) is 0 Å². The zero-order chi connectivity index (χ0) is 10.1. The molecule has 0 saturated carbocycles. The Hall–Kier alpha value is -1.29. The summed E-state index contributed by atoms with van der Waals surface area (Å²) in [5.41, 5.74) is 0. The van der Waals surface area contributed by atoms with Crippen molar-refractivity contribution in [2.45, 2.75) is 32.0 Å². The lowest BCUT2D eigenvalue weighted by Crippen LogP contribution is -1.96. The van der Waals surface area contributed by atoms with Crippen molar-refractivity contribution in [3.63, 3.8) is 0 Å². The maximum absolute atomic E-state index is 10.9. The monoisotopic (exact) mass is 196 g/mol. The van der Waals surface area contributed by atoms with E-state index in [1.165, 1.54) is 0 Å². The zero-order valence-electron chi connectivity index (χ0n) is 7.90. The van der Waals surface area contributed by atoms with E-state index in [1.54, 1.807) is 19.1 Å². The summed E-state index contributed by atoms with van der Waals surface area (Å²) in [6, 6.07) is 3.44. The SMILES string of the molecule is C[C@@H](O)c1ccc(C2CCC(=O)O2)o1. The minimum atomic E-state index is -0.624. The molecule has 2 atom stereocenters. The number of hydrogen-bond acceptors (Lipinski definition) is 4. The number of carbonyl (C=O) groups excluding carboxylic acids is 1. The number of aliphatic hydroxyl groups excluding tert-OH is 1. The molecule has 1 aliphatic heterocycles. The van der Waals surface area contributed by atoms with E-state index < -0.39 is 6.10 Å². The van der Waals surface area contributed by atoms with E-state index in [9.17, 15) is 9.90 Å². The van der Waals surface area contributed by atoms with Gasteiger partial charge in [0.15, 0.2) is 6.10 Å². The molecule has 2 heterocycles. The quantitative estimate of drug-likeness (QED) is 0.731. The molecule has 1 aromatic heterocycles. The molecule has 0 aliphatic carbocycles. The maximum atomic E-state index is 10.9. The van der Waals surface area contributed by atoms with Crippen molar-refractivity contribution in [3.8, 4) is 0 Å². The first-order valence-corrected chi connectivity index (χ1v) is 4.64. The Morgan fingerprint density at radius 2 is 2.36 bits per heavy atom. The van der Waals surface area contributed by atoms with Gasteiger partial charge in [-0.2, -0.15) is 0 Å². The molecule has 0 amide bonds. The molecule has 1 unspecified atom stereocenters. The smallest absolute Gasteiger partial charge is 0.306 e. The van der Waals surface area contributed by atoms with Crippen LogP contribution >= 0.6 is 0 Å². The second-order valence-corrected chi connectivity index (χ2v) is 3.43. The van der Waals surface area contributed by atoms with Crippen molar-refractivity contribution in [2.75, 3.05) is 0 Å². The number of cyclic esters (lactones) is 1. The molecule has 1 aliphatic rings. The molecule has 1 aromatic rings. The average molecular weight is 196 g/mol. The third-order valence-corrected chi connectivity index (χ3v) is 2.26. The molecule has 0 aromatic carbocycles. The molecule has 0 spiro atoms. The number of hydrogen-bond donors (Lipinski definition) is 1. The predicted octanol–water partition coefficient (Wildman–Crippen LogP) is 1.71. The molecule has 1 N–H and O–H groups in total. The van der Waals surface area contributed by atoms with Crippen molar-refractivity contribution < 1.29 is 19.1 Å². The minimum Gasteiger partial charge on any atom is -0.459 e. The first-order valence-electron chi connectivity index (χ1n) is 4.64. The first-order chi connectivity index (χ1) is 6.66. The van der Waals surface area contributed by atoms with Gasteiger partial charge in [-0.25, -0.2) is 0 Å². The van der Waals surface area contributed by atoms with E-state index in [0.29, 0.717) is 24.4 Å². The molecule has 1 fully saturated rings. The molecule has 1 saturated heterocycles. The van der Waals surface area contributed by atoms with Crippen LogP contribution in [-0.4, -0.2) is 11.1 Å². The third-order valence-electron chi connectivity index (χ3n) is 2.26. The van der Waals surface area contributed by atoms with Crippen molar-refractivity contribution in [2.24, 2.45) is 0 Å². The molecule has 4 nitrogen and oxygen atoms in total. The fraction of sp³-hybridized carbons (Fsp3) is 0.500. The van der Waals surface area contributed by atoms with Crippen LogP contribution in [0.2, 0.25) is 0 Å². The van der Waals surface area contributed by atoms with Gasteiger partial charge in [0.1, 0.15) is 17.6 Å². The van der Waals surface area contributed by atoms with E-state index in [0.717, 1.165) is 0 Å². The Kier molecular flexibility index (Phi) is 2.29. The normalized spacial score (nSPS) is 23.6. The van der Waals surface area contributed by atoms with Crippen LogP contribution in [0.1, 0.15) is 43.5 Å². The number of furan rings is 1. The number of rotatable bonds is 2. The summed E-state index contributed by atoms with van der Waals surface area (Å²) in [6.07, 6.45) is 0.205. The first kappa shape index (κ1) is 9.27. The van der Waals surface area contributed by atoms with Crippen molar-refractivity contribution in [1.82, 2.24) is 0 Å². The fourth-order valence-corrected chi connectivity index (χ4v) is 1.49. The molecular weight excluding hydrogens is 184 g/mol. The largest absolute Gasteiger partial charge is 0.459 e. The second kappa shape index (κ2) is 3.46. The average Bonchev–Trinajstić information content (AvgIpc) is 2.70. The van der Waals surface area contributed by atoms with Gasteiger partial charge < -0.3 is 14.3 Å². The summed E-state index contributed by atoms with van der Waals surface area (Å²) in [4.78, 5) is 10.9. The minimum absolute atomic E-state index is 0.190. The lowest BCUT2D eigenvalue weighted by Gasteiger charge is -2.05. The van der Waals surface area contributed by atoms with E-state index >= 15 is 0 Å².